The first-order valence-corrected chi connectivity index (χ1v) is 10.4. The van der Waals surface area contributed by atoms with E-state index in [9.17, 15) is 18.0 Å². The summed E-state index contributed by atoms with van der Waals surface area (Å²) >= 11 is 0. The van der Waals surface area contributed by atoms with E-state index in [4.69, 9.17) is 0 Å². The Hall–Kier alpha value is -2.61. The van der Waals surface area contributed by atoms with Crippen LogP contribution in [-0.2, 0) is 11.0 Å². The molecule has 1 saturated heterocycles. The zero-order valence-corrected chi connectivity index (χ0v) is 17.1. The van der Waals surface area contributed by atoms with Crippen LogP contribution in [-0.4, -0.2) is 38.6 Å². The Labute approximate surface area is 174 Å². The number of aromatic amines is 1. The van der Waals surface area contributed by atoms with Crippen LogP contribution in [0, 0.1) is 0 Å². The fourth-order valence-electron chi connectivity index (χ4n) is 3.80. The highest BCUT2D eigenvalue weighted by Crippen LogP contribution is 2.28. The van der Waals surface area contributed by atoms with E-state index >= 15 is 0 Å². The highest BCUT2D eigenvalue weighted by Gasteiger charge is 2.33. The Morgan fingerprint density at radius 1 is 1.17 bits per heavy atom. The van der Waals surface area contributed by atoms with Gasteiger partial charge in [0.1, 0.15) is 32.4 Å². The van der Waals surface area contributed by atoms with E-state index in [2.05, 4.69) is 17.2 Å². The minimum atomic E-state index is -4.35. The van der Waals surface area contributed by atoms with Crippen molar-refractivity contribution in [3.05, 3.63) is 59.8 Å². The number of amides is 1. The van der Waals surface area contributed by atoms with Gasteiger partial charge < -0.3 is 10.2 Å². The number of hydrogen-bond acceptors (Lipinski definition) is 2. The second-order valence-corrected chi connectivity index (χ2v) is 7.69. The molecule has 0 bridgehead atoms. The number of aromatic nitrogens is 1. The lowest BCUT2D eigenvalue weighted by atomic mass is 10.0. The second-order valence-electron chi connectivity index (χ2n) is 7.69. The Kier molecular flexibility index (Phi) is 7.31. The molecule has 1 atom stereocenters. The Bertz CT molecular complexity index is 803. The summed E-state index contributed by atoms with van der Waals surface area (Å²) in [6.45, 7) is 5.38. The zero-order valence-electron chi connectivity index (χ0n) is 17.1. The Morgan fingerprint density at radius 3 is 2.43 bits per heavy atom. The average Bonchev–Trinajstić information content (AvgIpc) is 2.74. The van der Waals surface area contributed by atoms with Crippen molar-refractivity contribution in [2.24, 2.45) is 0 Å². The van der Waals surface area contributed by atoms with Gasteiger partial charge in [0.15, 0.2) is 6.54 Å². The van der Waals surface area contributed by atoms with Gasteiger partial charge in [-0.3, -0.25) is 9.69 Å². The number of pyridine rings is 1. The molecule has 1 aromatic carbocycles. The number of quaternary nitrogens is 1. The van der Waals surface area contributed by atoms with Gasteiger partial charge in [-0.2, -0.15) is 13.2 Å². The molecule has 0 radical (unpaired) electrons. The number of carbonyl (C=O) groups excluding carboxylic acids is 1. The normalized spacial score (nSPS) is 16.3. The fraction of sp³-hybridized carbons (Fsp3) is 0.455. The molecule has 0 spiro atoms. The van der Waals surface area contributed by atoms with Crippen LogP contribution in [0.3, 0.4) is 0 Å². The van der Waals surface area contributed by atoms with Crippen LogP contribution in [0.5, 0.6) is 0 Å². The summed E-state index contributed by atoms with van der Waals surface area (Å²) in [5, 5.41) is 3.16. The monoisotopic (exact) mass is 422 g/mol. The third-order valence-corrected chi connectivity index (χ3v) is 5.46. The molecule has 30 heavy (non-hydrogen) atoms. The van der Waals surface area contributed by atoms with Gasteiger partial charge in [-0.05, 0) is 18.1 Å². The summed E-state index contributed by atoms with van der Waals surface area (Å²) < 4.78 is 38.1. The van der Waals surface area contributed by atoms with Crippen molar-refractivity contribution in [3.63, 3.8) is 0 Å². The summed E-state index contributed by atoms with van der Waals surface area (Å²) in [4.78, 5) is 18.5. The van der Waals surface area contributed by atoms with Crippen LogP contribution in [0.25, 0.3) is 0 Å². The Balaban J connectivity index is 1.49. The molecule has 0 aliphatic carbocycles. The molecule has 0 unspecified atom stereocenters. The van der Waals surface area contributed by atoms with Crippen LogP contribution in [0.2, 0.25) is 0 Å². The maximum Gasteiger partial charge on any atom is 0.419 e. The van der Waals surface area contributed by atoms with Crippen LogP contribution in [0.1, 0.15) is 36.9 Å². The maximum absolute atomic E-state index is 12.7. The number of benzene rings is 1. The third kappa shape index (κ3) is 5.95. The number of anilines is 1. The third-order valence-electron chi connectivity index (χ3n) is 5.46. The molecule has 162 valence electrons. The molecule has 1 fully saturated rings. The number of hydrogen-bond donors (Lipinski definition) is 2. The van der Waals surface area contributed by atoms with E-state index < -0.39 is 11.7 Å². The number of piperazine rings is 1. The number of nitrogens with zero attached hydrogens (tertiary/aromatic N) is 1. The van der Waals surface area contributed by atoms with Crippen molar-refractivity contribution in [3.8, 4) is 0 Å². The summed E-state index contributed by atoms with van der Waals surface area (Å²) in [5.74, 6) is 0.695. The largest absolute Gasteiger partial charge is 0.419 e. The predicted molar refractivity (Wildman–Crippen MR) is 108 cm³/mol. The molecule has 1 aromatic heterocycles. The first kappa shape index (κ1) is 22.1. The van der Waals surface area contributed by atoms with Crippen LogP contribution < -0.4 is 20.1 Å². The minimum Gasteiger partial charge on any atom is -0.344 e. The topological polar surface area (TPSA) is 50.9 Å². The number of H-pyrrole nitrogens is 1. The first-order chi connectivity index (χ1) is 14.4. The van der Waals surface area contributed by atoms with Crippen LogP contribution in [0.15, 0.2) is 48.7 Å². The number of halogens is 3. The van der Waals surface area contributed by atoms with E-state index in [1.807, 2.05) is 35.2 Å². The lowest BCUT2D eigenvalue weighted by Crippen LogP contribution is -3.16. The lowest BCUT2D eigenvalue weighted by molar-refractivity contribution is -0.892. The quantitative estimate of drug-likeness (QED) is 0.716. The van der Waals surface area contributed by atoms with Gasteiger partial charge in [0.25, 0.3) is 11.7 Å². The van der Waals surface area contributed by atoms with Crippen LogP contribution in [0.4, 0.5) is 19.0 Å². The summed E-state index contributed by atoms with van der Waals surface area (Å²) in [6.07, 6.45) is -1.47. The number of carbonyl (C=O) groups is 1. The molecule has 0 saturated carbocycles. The van der Waals surface area contributed by atoms with Gasteiger partial charge in [-0.25, -0.2) is 4.98 Å². The Morgan fingerprint density at radius 2 is 1.87 bits per heavy atom. The van der Waals surface area contributed by atoms with Crippen molar-refractivity contribution in [1.29, 1.82) is 0 Å². The zero-order chi connectivity index (χ0) is 21.6. The second kappa shape index (κ2) is 9.93. The maximum atomic E-state index is 12.7. The van der Waals surface area contributed by atoms with Crippen molar-refractivity contribution >= 4 is 11.7 Å². The summed E-state index contributed by atoms with van der Waals surface area (Å²) in [7, 11) is 0. The molecule has 2 aromatic rings. The van der Waals surface area contributed by atoms with Crippen LogP contribution >= 0.6 is 0 Å². The van der Waals surface area contributed by atoms with Gasteiger partial charge in [0, 0.05) is 6.07 Å². The van der Waals surface area contributed by atoms with Gasteiger partial charge in [-0.1, -0.05) is 43.7 Å². The molecule has 2 heterocycles. The van der Waals surface area contributed by atoms with E-state index in [0.29, 0.717) is 25.5 Å². The highest BCUT2D eigenvalue weighted by molar-refractivity contribution is 5.77. The highest BCUT2D eigenvalue weighted by atomic mass is 19.4. The first-order valence-electron chi connectivity index (χ1n) is 10.4. The molecule has 1 aliphatic heterocycles. The van der Waals surface area contributed by atoms with Gasteiger partial charge in [-0.15, -0.1) is 0 Å². The summed E-state index contributed by atoms with van der Waals surface area (Å²) in [5.41, 5.74) is 0.428. The standard InChI is InChI=1S/C22H27F3N4O/c1-2-6-19(17-7-4-3-5-8-17)27-21(30)16-28-11-13-29(14-12-28)20-10-9-18(15-26-20)22(23,24)25/h3-5,7-10,15,19H,2,6,11-14,16H2,1H3,(H,27,30)/p+2/t19-/m1/s1. The van der Waals surface area contributed by atoms with Gasteiger partial charge in [0.2, 0.25) is 0 Å². The summed E-state index contributed by atoms with van der Waals surface area (Å²) in [6, 6.07) is 12.6. The predicted octanol–water partition coefficient (Wildman–Crippen LogP) is 1.88. The van der Waals surface area contributed by atoms with Gasteiger partial charge >= 0.3 is 6.18 Å². The average molecular weight is 422 g/mol. The molecule has 3 N–H and O–H groups in total. The number of alkyl halides is 3. The van der Waals surface area contributed by atoms with Crippen molar-refractivity contribution in [2.75, 3.05) is 37.6 Å². The van der Waals surface area contributed by atoms with E-state index in [1.54, 1.807) is 0 Å². The van der Waals surface area contributed by atoms with Gasteiger partial charge in [0.05, 0.1) is 11.6 Å². The molecule has 8 heteroatoms. The molecular formula is C22H29F3N4O+2. The van der Waals surface area contributed by atoms with E-state index in [0.717, 1.165) is 43.8 Å². The number of rotatable bonds is 7. The molecular weight excluding hydrogens is 393 g/mol. The van der Waals surface area contributed by atoms with Crippen molar-refractivity contribution < 1.29 is 27.8 Å². The smallest absolute Gasteiger partial charge is 0.344 e. The minimum absolute atomic E-state index is 0.0196. The molecule has 5 nitrogen and oxygen atoms in total. The lowest BCUT2D eigenvalue weighted by Gasteiger charge is -2.28. The molecule has 1 amide bonds. The SMILES string of the molecule is CCC[C@@H](NC(=O)C[NH+]1CCN(c2ccc(C(F)(F)F)c[nH+]2)CC1)c1ccccc1. The van der Waals surface area contributed by atoms with Crippen molar-refractivity contribution in [2.45, 2.75) is 32.0 Å². The number of nitrogens with one attached hydrogen (secondary N) is 3. The van der Waals surface area contributed by atoms with Crippen molar-refractivity contribution in [1.82, 2.24) is 5.32 Å². The molecule has 1 aliphatic rings. The molecule has 3 rings (SSSR count). The van der Waals surface area contributed by atoms with E-state index in [1.165, 1.54) is 11.0 Å². The fourth-order valence-corrected chi connectivity index (χ4v) is 3.80. The van der Waals surface area contributed by atoms with E-state index in [-0.39, 0.29) is 11.9 Å².